The van der Waals surface area contributed by atoms with Gasteiger partial charge >= 0.3 is 0 Å². The molecule has 0 unspecified atom stereocenters. The molecule has 1 aromatic carbocycles. The third-order valence-corrected chi connectivity index (χ3v) is 3.36. The SMILES string of the molecule is COc1ccc2c(c1)/C(=C/C1=NN=C(C)C1)C(=O)C2. The van der Waals surface area contributed by atoms with E-state index in [0.29, 0.717) is 6.42 Å². The monoisotopic (exact) mass is 254 g/mol. The van der Waals surface area contributed by atoms with Crippen molar-refractivity contribution in [3.05, 3.63) is 35.4 Å². The normalized spacial score (nSPS) is 19.5. The number of fused-ring (bicyclic) bond motifs is 1. The highest BCUT2D eigenvalue weighted by atomic mass is 16.5. The summed E-state index contributed by atoms with van der Waals surface area (Å²) in [6.07, 6.45) is 3.03. The number of Topliss-reactive ketones (excluding diaryl/α,β-unsaturated/α-hetero) is 1. The Morgan fingerprint density at radius 2 is 2.11 bits per heavy atom. The first kappa shape index (κ1) is 11.8. The quantitative estimate of drug-likeness (QED) is 0.761. The highest BCUT2D eigenvalue weighted by Gasteiger charge is 2.25. The molecule has 0 fully saturated rings. The van der Waals surface area contributed by atoms with Crippen LogP contribution in [0.4, 0.5) is 0 Å². The smallest absolute Gasteiger partial charge is 0.167 e. The fraction of sp³-hybridized carbons (Fsp3) is 0.267. The van der Waals surface area contributed by atoms with Crippen LogP contribution >= 0.6 is 0 Å². The second-order valence-corrected chi connectivity index (χ2v) is 4.78. The zero-order chi connectivity index (χ0) is 13.4. The largest absolute Gasteiger partial charge is 0.497 e. The summed E-state index contributed by atoms with van der Waals surface area (Å²) in [5.74, 6) is 0.899. The number of hydrogen-bond acceptors (Lipinski definition) is 4. The van der Waals surface area contributed by atoms with Gasteiger partial charge in [-0.15, -0.1) is 0 Å². The van der Waals surface area contributed by atoms with E-state index in [9.17, 15) is 4.79 Å². The molecule has 1 heterocycles. The standard InChI is InChI=1S/C15H14N2O2/c1-9-5-11(17-16-9)7-14-13-8-12(19-2)4-3-10(13)6-15(14)18/h3-4,7-8H,5-6H2,1-2H3/b14-7-. The van der Waals surface area contributed by atoms with E-state index in [1.165, 1.54) is 0 Å². The van der Waals surface area contributed by atoms with Gasteiger partial charge in [-0.1, -0.05) is 6.07 Å². The number of benzene rings is 1. The average molecular weight is 254 g/mol. The number of allylic oxidation sites excluding steroid dienone is 2. The fourth-order valence-corrected chi connectivity index (χ4v) is 2.39. The number of ketones is 1. The van der Waals surface area contributed by atoms with E-state index in [-0.39, 0.29) is 5.78 Å². The lowest BCUT2D eigenvalue weighted by atomic mass is 10.0. The van der Waals surface area contributed by atoms with Crippen molar-refractivity contribution in [1.29, 1.82) is 0 Å². The van der Waals surface area contributed by atoms with Gasteiger partial charge in [0.2, 0.25) is 0 Å². The Labute approximate surface area is 111 Å². The van der Waals surface area contributed by atoms with E-state index in [4.69, 9.17) is 4.74 Å². The molecule has 4 nitrogen and oxygen atoms in total. The summed E-state index contributed by atoms with van der Waals surface area (Å²) in [6.45, 7) is 1.93. The summed E-state index contributed by atoms with van der Waals surface area (Å²) in [4.78, 5) is 12.1. The Bertz CT molecular complexity index is 654. The Morgan fingerprint density at radius 3 is 2.79 bits per heavy atom. The van der Waals surface area contributed by atoms with Gasteiger partial charge in [0.1, 0.15) is 5.75 Å². The summed E-state index contributed by atoms with van der Waals surface area (Å²) < 4.78 is 5.22. The lowest BCUT2D eigenvalue weighted by Gasteiger charge is -2.04. The minimum Gasteiger partial charge on any atom is -0.497 e. The van der Waals surface area contributed by atoms with Gasteiger partial charge in [0.15, 0.2) is 5.78 Å². The second-order valence-electron chi connectivity index (χ2n) is 4.78. The Kier molecular flexibility index (Phi) is 2.78. The number of methoxy groups -OCH3 is 1. The molecule has 0 radical (unpaired) electrons. The number of carbonyl (C=O) groups excluding carboxylic acids is 1. The van der Waals surface area contributed by atoms with Crippen molar-refractivity contribution in [1.82, 2.24) is 0 Å². The van der Waals surface area contributed by atoms with Crippen molar-refractivity contribution in [2.24, 2.45) is 10.2 Å². The Hall–Kier alpha value is -2.23. The highest BCUT2D eigenvalue weighted by Crippen LogP contribution is 2.32. The minimum absolute atomic E-state index is 0.135. The molecule has 4 heteroatoms. The first-order valence-electron chi connectivity index (χ1n) is 6.19. The number of rotatable bonds is 2. The van der Waals surface area contributed by atoms with Crippen molar-refractivity contribution in [2.45, 2.75) is 19.8 Å². The maximum atomic E-state index is 12.1. The van der Waals surface area contributed by atoms with Crippen LogP contribution in [0.15, 0.2) is 34.5 Å². The van der Waals surface area contributed by atoms with Gasteiger partial charge in [-0.3, -0.25) is 4.79 Å². The number of carbonyl (C=O) groups is 1. The summed E-state index contributed by atoms with van der Waals surface area (Å²) in [6, 6.07) is 5.75. The van der Waals surface area contributed by atoms with Gasteiger partial charge in [-0.2, -0.15) is 10.2 Å². The summed E-state index contributed by atoms with van der Waals surface area (Å²) in [7, 11) is 1.63. The molecule has 0 bridgehead atoms. The van der Waals surface area contributed by atoms with E-state index in [1.807, 2.05) is 31.2 Å². The predicted molar refractivity (Wildman–Crippen MR) is 74.8 cm³/mol. The molecule has 0 N–H and O–H groups in total. The van der Waals surface area contributed by atoms with Crippen LogP contribution in [-0.4, -0.2) is 24.3 Å². The molecule has 96 valence electrons. The van der Waals surface area contributed by atoms with E-state index in [0.717, 1.165) is 40.3 Å². The number of ether oxygens (including phenoxy) is 1. The molecule has 19 heavy (non-hydrogen) atoms. The van der Waals surface area contributed by atoms with Crippen LogP contribution in [0.2, 0.25) is 0 Å². The fourth-order valence-electron chi connectivity index (χ4n) is 2.39. The first-order valence-corrected chi connectivity index (χ1v) is 6.19. The van der Waals surface area contributed by atoms with Gasteiger partial charge in [-0.05, 0) is 36.3 Å². The van der Waals surface area contributed by atoms with Gasteiger partial charge in [0.25, 0.3) is 0 Å². The molecule has 0 aromatic heterocycles. The van der Waals surface area contributed by atoms with Crippen molar-refractivity contribution in [3.63, 3.8) is 0 Å². The number of nitrogens with zero attached hydrogens (tertiary/aromatic N) is 2. The van der Waals surface area contributed by atoms with Gasteiger partial charge < -0.3 is 4.74 Å². The third-order valence-electron chi connectivity index (χ3n) is 3.36. The third kappa shape index (κ3) is 2.10. The van der Waals surface area contributed by atoms with Crippen molar-refractivity contribution in [3.8, 4) is 5.75 Å². The van der Waals surface area contributed by atoms with E-state index in [2.05, 4.69) is 10.2 Å². The first-order chi connectivity index (χ1) is 9.17. The van der Waals surface area contributed by atoms with Crippen LogP contribution in [0.25, 0.3) is 5.57 Å². The van der Waals surface area contributed by atoms with Gasteiger partial charge in [-0.25, -0.2) is 0 Å². The van der Waals surface area contributed by atoms with Crippen LogP contribution in [-0.2, 0) is 11.2 Å². The molecule has 0 atom stereocenters. The second kappa shape index (κ2) is 4.46. The van der Waals surface area contributed by atoms with Crippen LogP contribution in [0.3, 0.4) is 0 Å². The molecule has 0 saturated heterocycles. The molecule has 2 aliphatic rings. The topological polar surface area (TPSA) is 51.0 Å². The van der Waals surface area contributed by atoms with Crippen LogP contribution in [0, 0.1) is 0 Å². The average Bonchev–Trinajstić information content (AvgIpc) is 2.94. The van der Waals surface area contributed by atoms with E-state index in [1.54, 1.807) is 7.11 Å². The highest BCUT2D eigenvalue weighted by molar-refractivity contribution is 6.30. The van der Waals surface area contributed by atoms with Crippen molar-refractivity contribution < 1.29 is 9.53 Å². The lowest BCUT2D eigenvalue weighted by Crippen LogP contribution is -2.00. The zero-order valence-corrected chi connectivity index (χ0v) is 10.9. The van der Waals surface area contributed by atoms with Gasteiger partial charge in [0, 0.05) is 24.1 Å². The predicted octanol–water partition coefficient (Wildman–Crippen LogP) is 2.42. The molecule has 3 rings (SSSR count). The molecule has 0 saturated carbocycles. The molecule has 1 aliphatic carbocycles. The maximum Gasteiger partial charge on any atom is 0.167 e. The van der Waals surface area contributed by atoms with Crippen LogP contribution < -0.4 is 4.74 Å². The van der Waals surface area contributed by atoms with Crippen molar-refractivity contribution >= 4 is 22.8 Å². The zero-order valence-electron chi connectivity index (χ0n) is 10.9. The van der Waals surface area contributed by atoms with Crippen molar-refractivity contribution in [2.75, 3.05) is 7.11 Å². The lowest BCUT2D eigenvalue weighted by molar-refractivity contribution is -0.112. The molecule has 1 aliphatic heterocycles. The maximum absolute atomic E-state index is 12.1. The Balaban J connectivity index is 2.00. The number of hydrogen-bond donors (Lipinski definition) is 0. The summed E-state index contributed by atoms with van der Waals surface area (Å²) in [5, 5.41) is 8.07. The van der Waals surface area contributed by atoms with E-state index < -0.39 is 0 Å². The summed E-state index contributed by atoms with van der Waals surface area (Å²) >= 11 is 0. The summed E-state index contributed by atoms with van der Waals surface area (Å²) in [5.41, 5.74) is 4.54. The molecule has 1 aromatic rings. The van der Waals surface area contributed by atoms with Crippen LogP contribution in [0.1, 0.15) is 24.5 Å². The Morgan fingerprint density at radius 1 is 1.26 bits per heavy atom. The minimum atomic E-state index is 0.135. The van der Waals surface area contributed by atoms with E-state index >= 15 is 0 Å². The molecular formula is C15H14N2O2. The van der Waals surface area contributed by atoms with Gasteiger partial charge in [0.05, 0.1) is 12.8 Å². The molecule has 0 spiro atoms. The molecule has 0 amide bonds. The van der Waals surface area contributed by atoms with Crippen LogP contribution in [0.5, 0.6) is 5.75 Å². The molecular weight excluding hydrogens is 240 g/mol.